The molecule has 0 aromatic carbocycles. The maximum atomic E-state index is 11.1. The molecular weight excluding hydrogens is 216 g/mol. The summed E-state index contributed by atoms with van der Waals surface area (Å²) in [6.07, 6.45) is 4.44. The average Bonchev–Trinajstić information content (AvgIpc) is 2.39. The third-order valence-electron chi connectivity index (χ3n) is 3.21. The maximum Gasteiger partial charge on any atom is 0.161 e. The van der Waals surface area contributed by atoms with E-state index < -0.39 is 0 Å². The second kappa shape index (κ2) is 5.08. The lowest BCUT2D eigenvalue weighted by Crippen LogP contribution is -2.34. The minimum Gasteiger partial charge on any atom is -0.357 e. The Morgan fingerprint density at radius 3 is 2.59 bits per heavy atom. The molecule has 2 rings (SSSR count). The molecule has 4 heteroatoms. The van der Waals surface area contributed by atoms with E-state index in [1.807, 2.05) is 6.07 Å². The topological polar surface area (TPSA) is 50.3 Å². The minimum absolute atomic E-state index is 0.0312. The van der Waals surface area contributed by atoms with Crippen LogP contribution < -0.4 is 4.90 Å². The smallest absolute Gasteiger partial charge is 0.161 e. The zero-order valence-electron chi connectivity index (χ0n) is 9.93. The van der Waals surface area contributed by atoms with Gasteiger partial charge in [0, 0.05) is 30.8 Å². The predicted molar refractivity (Wildman–Crippen MR) is 65.2 cm³/mol. The van der Waals surface area contributed by atoms with Crippen molar-refractivity contribution in [1.29, 1.82) is 0 Å². The predicted octanol–water partition coefficient (Wildman–Crippen LogP) is 1.70. The summed E-state index contributed by atoms with van der Waals surface area (Å²) < 4.78 is 0. The van der Waals surface area contributed by atoms with Crippen molar-refractivity contribution in [2.24, 2.45) is 5.92 Å². The Balaban J connectivity index is 2.03. The Morgan fingerprint density at radius 2 is 2.12 bits per heavy atom. The number of anilines is 1. The van der Waals surface area contributed by atoms with Crippen LogP contribution in [0, 0.1) is 5.92 Å². The first-order valence-electron chi connectivity index (χ1n) is 5.88. The summed E-state index contributed by atoms with van der Waals surface area (Å²) in [6, 6.07) is 3.68. The van der Waals surface area contributed by atoms with Crippen LogP contribution in [0.2, 0.25) is 0 Å². The fraction of sp³-hybridized carbons (Fsp3) is 0.462. The molecule has 0 N–H and O–H groups in total. The quantitative estimate of drug-likeness (QED) is 0.588. The molecule has 90 valence electrons. The van der Waals surface area contributed by atoms with E-state index in [-0.39, 0.29) is 11.7 Å². The SMILES string of the molecule is CC(=O)c1ccc(N2CCC(C=O)CC2)nc1. The van der Waals surface area contributed by atoms with Crippen molar-refractivity contribution in [1.82, 2.24) is 4.98 Å². The number of pyridine rings is 1. The second-order valence-electron chi connectivity index (χ2n) is 4.42. The number of Topliss-reactive ketones (excluding diaryl/α,β-unsaturated/α-hetero) is 1. The number of carbonyl (C=O) groups is 2. The molecule has 1 aromatic rings. The van der Waals surface area contributed by atoms with Crippen LogP contribution in [0.15, 0.2) is 18.3 Å². The molecule has 0 unspecified atom stereocenters. The molecule has 2 heterocycles. The average molecular weight is 232 g/mol. The molecule has 0 radical (unpaired) electrons. The van der Waals surface area contributed by atoms with Gasteiger partial charge >= 0.3 is 0 Å². The van der Waals surface area contributed by atoms with Crippen LogP contribution in [-0.4, -0.2) is 30.1 Å². The van der Waals surface area contributed by atoms with Crippen LogP contribution in [0.1, 0.15) is 30.1 Å². The molecule has 0 bridgehead atoms. The van der Waals surface area contributed by atoms with Gasteiger partial charge in [0.1, 0.15) is 12.1 Å². The number of hydrogen-bond donors (Lipinski definition) is 0. The Kier molecular flexibility index (Phi) is 3.52. The highest BCUT2D eigenvalue weighted by atomic mass is 16.1. The van der Waals surface area contributed by atoms with Gasteiger partial charge < -0.3 is 9.69 Å². The molecular formula is C13H16N2O2. The molecule has 0 saturated carbocycles. The molecule has 1 aliphatic rings. The van der Waals surface area contributed by atoms with Gasteiger partial charge in [-0.05, 0) is 31.9 Å². The number of piperidine rings is 1. The van der Waals surface area contributed by atoms with Crippen molar-refractivity contribution in [2.45, 2.75) is 19.8 Å². The van der Waals surface area contributed by atoms with Crippen LogP contribution in [0.3, 0.4) is 0 Å². The second-order valence-corrected chi connectivity index (χ2v) is 4.42. The van der Waals surface area contributed by atoms with Crippen molar-refractivity contribution in [2.75, 3.05) is 18.0 Å². The molecule has 0 spiro atoms. The van der Waals surface area contributed by atoms with E-state index in [4.69, 9.17) is 0 Å². The molecule has 0 amide bonds. The molecule has 1 saturated heterocycles. The molecule has 4 nitrogen and oxygen atoms in total. The maximum absolute atomic E-state index is 11.1. The standard InChI is InChI=1S/C13H16N2O2/c1-10(17)12-2-3-13(14-8-12)15-6-4-11(9-16)5-7-15/h2-3,8-9,11H,4-7H2,1H3. The first-order valence-corrected chi connectivity index (χ1v) is 5.88. The van der Waals surface area contributed by atoms with Gasteiger partial charge in [-0.25, -0.2) is 4.98 Å². The van der Waals surface area contributed by atoms with Gasteiger partial charge in [-0.1, -0.05) is 0 Å². The van der Waals surface area contributed by atoms with E-state index in [9.17, 15) is 9.59 Å². The van der Waals surface area contributed by atoms with Crippen molar-refractivity contribution >= 4 is 17.9 Å². The normalized spacial score (nSPS) is 16.9. The lowest BCUT2D eigenvalue weighted by Gasteiger charge is -2.30. The third kappa shape index (κ3) is 2.70. The lowest BCUT2D eigenvalue weighted by atomic mass is 9.99. The summed E-state index contributed by atoms with van der Waals surface area (Å²) in [7, 11) is 0. The van der Waals surface area contributed by atoms with Gasteiger partial charge in [0.05, 0.1) is 0 Å². The van der Waals surface area contributed by atoms with E-state index in [1.54, 1.807) is 12.3 Å². The Hall–Kier alpha value is -1.71. The van der Waals surface area contributed by atoms with Crippen LogP contribution >= 0.6 is 0 Å². The van der Waals surface area contributed by atoms with Crippen LogP contribution in [0.4, 0.5) is 5.82 Å². The largest absolute Gasteiger partial charge is 0.357 e. The van der Waals surface area contributed by atoms with E-state index in [0.717, 1.165) is 38.0 Å². The summed E-state index contributed by atoms with van der Waals surface area (Å²) in [5, 5.41) is 0. The number of ketones is 1. The Labute approximate surface area is 101 Å². The number of rotatable bonds is 3. The molecule has 0 aliphatic carbocycles. The Morgan fingerprint density at radius 1 is 1.41 bits per heavy atom. The van der Waals surface area contributed by atoms with Gasteiger partial charge in [0.2, 0.25) is 0 Å². The zero-order chi connectivity index (χ0) is 12.3. The Bertz CT molecular complexity index is 406. The summed E-state index contributed by atoms with van der Waals surface area (Å²) in [4.78, 5) is 28.2. The number of hydrogen-bond acceptors (Lipinski definition) is 4. The molecule has 1 aromatic heterocycles. The lowest BCUT2D eigenvalue weighted by molar-refractivity contribution is -0.111. The van der Waals surface area contributed by atoms with Crippen molar-refractivity contribution in [3.63, 3.8) is 0 Å². The molecule has 1 aliphatic heterocycles. The van der Waals surface area contributed by atoms with Crippen molar-refractivity contribution < 1.29 is 9.59 Å². The molecule has 0 atom stereocenters. The number of nitrogens with zero attached hydrogens (tertiary/aromatic N) is 2. The van der Waals surface area contributed by atoms with Crippen molar-refractivity contribution in [3.05, 3.63) is 23.9 Å². The summed E-state index contributed by atoms with van der Waals surface area (Å²) in [5.41, 5.74) is 0.636. The van der Waals surface area contributed by atoms with Crippen LogP contribution in [0.5, 0.6) is 0 Å². The van der Waals surface area contributed by atoms with E-state index in [1.165, 1.54) is 6.92 Å². The van der Waals surface area contributed by atoms with Gasteiger partial charge in [0.15, 0.2) is 5.78 Å². The molecule has 1 fully saturated rings. The van der Waals surface area contributed by atoms with Gasteiger partial charge in [0.25, 0.3) is 0 Å². The highest BCUT2D eigenvalue weighted by Gasteiger charge is 2.19. The first-order chi connectivity index (χ1) is 8.20. The van der Waals surface area contributed by atoms with Gasteiger partial charge in [-0.2, -0.15) is 0 Å². The van der Waals surface area contributed by atoms with Gasteiger partial charge in [-0.3, -0.25) is 4.79 Å². The number of aromatic nitrogens is 1. The summed E-state index contributed by atoms with van der Waals surface area (Å²) in [6.45, 7) is 3.25. The summed E-state index contributed by atoms with van der Waals surface area (Å²) >= 11 is 0. The van der Waals surface area contributed by atoms with Crippen LogP contribution in [-0.2, 0) is 4.79 Å². The van der Waals surface area contributed by atoms with E-state index >= 15 is 0 Å². The van der Waals surface area contributed by atoms with Gasteiger partial charge in [-0.15, -0.1) is 0 Å². The highest BCUT2D eigenvalue weighted by molar-refractivity contribution is 5.93. The number of aldehydes is 1. The summed E-state index contributed by atoms with van der Waals surface area (Å²) in [5.74, 6) is 1.12. The van der Waals surface area contributed by atoms with Crippen molar-refractivity contribution in [3.8, 4) is 0 Å². The van der Waals surface area contributed by atoms with Crippen LogP contribution in [0.25, 0.3) is 0 Å². The number of carbonyl (C=O) groups excluding carboxylic acids is 2. The van der Waals surface area contributed by atoms with E-state index in [0.29, 0.717) is 5.56 Å². The zero-order valence-corrected chi connectivity index (χ0v) is 9.93. The monoisotopic (exact) mass is 232 g/mol. The first kappa shape index (κ1) is 11.8. The fourth-order valence-electron chi connectivity index (χ4n) is 2.05. The van der Waals surface area contributed by atoms with E-state index in [2.05, 4.69) is 9.88 Å². The highest BCUT2D eigenvalue weighted by Crippen LogP contribution is 2.20. The minimum atomic E-state index is 0.0312. The fourth-order valence-corrected chi connectivity index (χ4v) is 2.05. The third-order valence-corrected chi connectivity index (χ3v) is 3.21. The molecule has 17 heavy (non-hydrogen) atoms.